The molecule has 2 aromatic carbocycles. The van der Waals surface area contributed by atoms with E-state index in [1.165, 1.54) is 0 Å². The van der Waals surface area contributed by atoms with Crippen molar-refractivity contribution in [3.63, 3.8) is 0 Å². The topological polar surface area (TPSA) is 78.6 Å². The van der Waals surface area contributed by atoms with Gasteiger partial charge in [0, 0.05) is 5.56 Å². The lowest BCUT2D eigenvalue weighted by atomic mass is 10.2. The summed E-state index contributed by atoms with van der Waals surface area (Å²) >= 11 is 0. The van der Waals surface area contributed by atoms with Gasteiger partial charge in [0.2, 0.25) is 9.84 Å². The number of ether oxygens (including phenoxy) is 2. The molecule has 0 atom stereocenters. The predicted octanol–water partition coefficient (Wildman–Crippen LogP) is 3.17. The van der Waals surface area contributed by atoms with Gasteiger partial charge in [-0.15, -0.1) is 0 Å². The first kappa shape index (κ1) is 18.3. The molecule has 5 nitrogen and oxygen atoms in total. The highest BCUT2D eigenvalue weighted by atomic mass is 32.2. The van der Waals surface area contributed by atoms with Gasteiger partial charge in [-0.25, -0.2) is 8.42 Å². The normalized spacial score (nSPS) is 14.4. The third-order valence-electron chi connectivity index (χ3n) is 3.71. The van der Waals surface area contributed by atoms with Crippen molar-refractivity contribution < 1.29 is 17.9 Å². The first-order valence-corrected chi connectivity index (χ1v) is 9.04. The molecule has 0 unspecified atom stereocenters. The van der Waals surface area contributed by atoms with Crippen LogP contribution in [0.25, 0.3) is 0 Å². The number of hydrogen-bond donors (Lipinski definition) is 1. The second kappa shape index (κ2) is 7.68. The zero-order valence-electron chi connectivity index (χ0n) is 12.7. The van der Waals surface area contributed by atoms with Gasteiger partial charge >= 0.3 is 0 Å². The zero-order chi connectivity index (χ0) is 16.3. The second-order valence-corrected chi connectivity index (χ2v) is 7.18. The highest BCUT2D eigenvalue weighted by Gasteiger charge is 2.31. The molecule has 0 radical (unpaired) electrons. The van der Waals surface area contributed by atoms with E-state index in [2.05, 4.69) is 0 Å². The smallest absolute Gasteiger partial charge is 0.214 e. The van der Waals surface area contributed by atoms with Crippen LogP contribution in [0.2, 0.25) is 0 Å². The molecule has 130 valence electrons. The van der Waals surface area contributed by atoms with E-state index in [0.29, 0.717) is 30.2 Å². The molecule has 0 aromatic heterocycles. The van der Waals surface area contributed by atoms with Gasteiger partial charge in [0.25, 0.3) is 0 Å². The van der Waals surface area contributed by atoms with Gasteiger partial charge in [0.05, 0.1) is 11.5 Å². The maximum atomic E-state index is 13.0. The fraction of sp³-hybridized carbons (Fsp3) is 0.333. The van der Waals surface area contributed by atoms with E-state index >= 15 is 0 Å². The fourth-order valence-electron chi connectivity index (χ4n) is 2.57. The molecule has 0 bridgehead atoms. The Morgan fingerprint density at radius 3 is 2.67 bits per heavy atom. The minimum atomic E-state index is -3.69. The van der Waals surface area contributed by atoms with Crippen molar-refractivity contribution in [2.24, 2.45) is 5.73 Å². The summed E-state index contributed by atoms with van der Waals surface area (Å²) in [4.78, 5) is 0.384. The van der Waals surface area contributed by atoms with Crippen LogP contribution in [0.1, 0.15) is 25.8 Å². The lowest BCUT2D eigenvalue weighted by Gasteiger charge is -2.13. The molecule has 0 fully saturated rings. The van der Waals surface area contributed by atoms with Gasteiger partial charge in [-0.1, -0.05) is 31.7 Å². The first-order valence-electron chi connectivity index (χ1n) is 7.56. The molecule has 0 spiro atoms. The van der Waals surface area contributed by atoms with Crippen molar-refractivity contribution in [3.05, 3.63) is 48.0 Å². The summed E-state index contributed by atoms with van der Waals surface area (Å²) in [5.74, 6) is 0.661. The van der Waals surface area contributed by atoms with Gasteiger partial charge in [-0.3, -0.25) is 0 Å². The lowest BCUT2D eigenvalue weighted by molar-refractivity contribution is 0.278. The van der Waals surface area contributed by atoms with Crippen LogP contribution in [-0.2, 0) is 16.4 Å². The fourth-order valence-corrected chi connectivity index (χ4v) is 4.30. The van der Waals surface area contributed by atoms with E-state index < -0.39 is 9.84 Å². The molecule has 24 heavy (non-hydrogen) atoms. The van der Waals surface area contributed by atoms with Crippen LogP contribution in [0, 0.1) is 0 Å². The molecule has 1 aliphatic heterocycles. The molecular weight excluding hydrogens is 326 g/mol. The summed E-state index contributed by atoms with van der Waals surface area (Å²) in [6, 6.07) is 11.9. The molecule has 0 saturated heterocycles. The van der Waals surface area contributed by atoms with Crippen molar-refractivity contribution in [1.82, 2.24) is 0 Å². The summed E-state index contributed by atoms with van der Waals surface area (Å²) in [6.45, 7) is 1.23. The van der Waals surface area contributed by atoms with E-state index in [1.807, 2.05) is 0 Å². The van der Waals surface area contributed by atoms with E-state index in [1.54, 1.807) is 42.5 Å². The van der Waals surface area contributed by atoms with Crippen molar-refractivity contribution >= 4 is 9.84 Å². The Balaban J connectivity index is 0.00000208. The van der Waals surface area contributed by atoms with Gasteiger partial charge in [-0.05, 0) is 37.6 Å². The minimum absolute atomic E-state index is 0. The van der Waals surface area contributed by atoms with Gasteiger partial charge < -0.3 is 15.2 Å². The molecule has 0 saturated carbocycles. The number of fused-ring (bicyclic) bond motifs is 2. The highest BCUT2D eigenvalue weighted by molar-refractivity contribution is 7.91. The maximum Gasteiger partial charge on any atom is 0.214 e. The molecule has 2 aromatic rings. The molecule has 1 aliphatic rings. The number of benzene rings is 2. The zero-order valence-corrected chi connectivity index (χ0v) is 13.5. The predicted molar refractivity (Wildman–Crippen MR) is 93.2 cm³/mol. The lowest BCUT2D eigenvalue weighted by Crippen LogP contribution is -2.08. The Morgan fingerprint density at radius 1 is 1.08 bits per heavy atom. The van der Waals surface area contributed by atoms with Crippen molar-refractivity contribution in [2.75, 3.05) is 13.2 Å². The Morgan fingerprint density at radius 2 is 1.88 bits per heavy atom. The van der Waals surface area contributed by atoms with E-state index in [0.717, 1.165) is 12.8 Å². The quantitative estimate of drug-likeness (QED) is 0.839. The van der Waals surface area contributed by atoms with Crippen LogP contribution in [0.5, 0.6) is 11.5 Å². The molecule has 1 heterocycles. The van der Waals surface area contributed by atoms with Crippen molar-refractivity contribution in [3.8, 4) is 11.5 Å². The molecule has 3 rings (SSSR count). The average Bonchev–Trinajstić information content (AvgIpc) is 2.67. The highest BCUT2D eigenvalue weighted by Crippen LogP contribution is 2.40. The number of nitrogens with two attached hydrogens (primary N) is 1. The Labute approximate surface area is 143 Å². The first-order chi connectivity index (χ1) is 11.1. The summed E-state index contributed by atoms with van der Waals surface area (Å²) in [6.07, 6.45) is 1.61. The standard InChI is InChI=1S/C17H19NO4S.CH4/c18-10-3-4-11-21-14-7-5-8-15-17(14)23(19,20)16-9-2-1-6-13(16)12-22-15;/h1-2,5-9H,3-4,10-12,18H2;1H4. The molecule has 2 N–H and O–H groups in total. The van der Waals surface area contributed by atoms with E-state index in [9.17, 15) is 8.42 Å². The van der Waals surface area contributed by atoms with Crippen LogP contribution in [0.4, 0.5) is 0 Å². The molecule has 6 heteroatoms. The van der Waals surface area contributed by atoms with Gasteiger partial charge in [-0.2, -0.15) is 0 Å². The van der Waals surface area contributed by atoms with Gasteiger partial charge in [0.1, 0.15) is 18.1 Å². The average molecular weight is 349 g/mol. The van der Waals surface area contributed by atoms with E-state index in [-0.39, 0.29) is 23.8 Å². The monoisotopic (exact) mass is 349 g/mol. The van der Waals surface area contributed by atoms with Crippen molar-refractivity contribution in [1.29, 1.82) is 0 Å². The molecule has 0 amide bonds. The number of rotatable bonds is 5. The number of sulfone groups is 1. The summed E-state index contributed by atoms with van der Waals surface area (Å²) in [5.41, 5.74) is 6.11. The Hall–Kier alpha value is -2.05. The second-order valence-electron chi connectivity index (χ2n) is 5.33. The third-order valence-corrected chi connectivity index (χ3v) is 5.63. The molecule has 0 aliphatic carbocycles. The van der Waals surface area contributed by atoms with E-state index in [4.69, 9.17) is 15.2 Å². The van der Waals surface area contributed by atoms with Crippen molar-refractivity contribution in [2.45, 2.75) is 36.7 Å². The Kier molecular flexibility index (Phi) is 5.85. The summed E-state index contributed by atoms with van der Waals surface area (Å²) in [5, 5.41) is 0. The largest absolute Gasteiger partial charge is 0.492 e. The maximum absolute atomic E-state index is 13.0. The third kappa shape index (κ3) is 3.39. The summed E-state index contributed by atoms with van der Waals surface area (Å²) in [7, 11) is -3.69. The van der Waals surface area contributed by atoms with Crippen LogP contribution in [0.3, 0.4) is 0 Å². The summed E-state index contributed by atoms with van der Waals surface area (Å²) < 4.78 is 37.5. The van der Waals surface area contributed by atoms with Crippen LogP contribution >= 0.6 is 0 Å². The SMILES string of the molecule is C.NCCCCOc1cccc2c1S(=O)(=O)c1ccccc1CO2. The van der Waals surface area contributed by atoms with Crippen LogP contribution < -0.4 is 15.2 Å². The van der Waals surface area contributed by atoms with Crippen LogP contribution in [0.15, 0.2) is 52.3 Å². The van der Waals surface area contributed by atoms with Crippen LogP contribution in [-0.4, -0.2) is 21.6 Å². The Bertz CT molecular complexity index is 802. The number of unbranched alkanes of at least 4 members (excludes halogenated alkanes) is 1. The minimum Gasteiger partial charge on any atom is -0.492 e. The van der Waals surface area contributed by atoms with Gasteiger partial charge in [0.15, 0.2) is 4.90 Å². The molecular formula is C18H23NO4S. The number of hydrogen-bond acceptors (Lipinski definition) is 5.